The lowest BCUT2D eigenvalue weighted by Crippen LogP contribution is -2.48. The molecule has 3 N–H and O–H groups in total. The number of nitrogens with one attached hydrogen (secondary N) is 1. The topological polar surface area (TPSA) is 47.3 Å². The molecule has 1 aliphatic rings. The lowest BCUT2D eigenvalue weighted by Gasteiger charge is -2.32. The van der Waals surface area contributed by atoms with Crippen LogP contribution in [0.25, 0.3) is 0 Å². The second kappa shape index (κ2) is 5.76. The van der Waals surface area contributed by atoms with Crippen LogP contribution in [0.4, 0.5) is 0 Å². The molecule has 0 aliphatic carbocycles. The molecule has 0 spiro atoms. The second-order valence-corrected chi connectivity index (χ2v) is 7.70. The van der Waals surface area contributed by atoms with E-state index in [1.165, 1.54) is 5.56 Å². The first-order valence-electron chi connectivity index (χ1n) is 7.15. The Hall–Kier alpha value is -0.420. The van der Waals surface area contributed by atoms with Crippen molar-refractivity contribution in [1.29, 1.82) is 0 Å². The lowest BCUT2D eigenvalue weighted by molar-refractivity contribution is -0.0776. The zero-order chi connectivity index (χ0) is 15.0. The maximum Gasteiger partial charge on any atom is 0.0678 e. The first kappa shape index (κ1) is 16.0. The minimum Gasteiger partial charge on any atom is -0.369 e. The molecule has 2 atom stereocenters. The van der Waals surface area contributed by atoms with E-state index in [1.54, 1.807) is 0 Å². The van der Waals surface area contributed by atoms with Gasteiger partial charge in [0.1, 0.15) is 0 Å². The first-order valence-corrected chi connectivity index (χ1v) is 7.94. The van der Waals surface area contributed by atoms with Crippen LogP contribution in [0.15, 0.2) is 28.7 Å². The Morgan fingerprint density at radius 3 is 2.50 bits per heavy atom. The molecule has 1 fully saturated rings. The molecule has 0 bridgehead atoms. The average Bonchev–Trinajstić information content (AvgIpc) is 2.56. The number of ether oxygens (including phenoxy) is 1. The number of nitrogens with two attached hydrogens (primary N) is 1. The zero-order valence-electron chi connectivity index (χ0n) is 12.7. The van der Waals surface area contributed by atoms with Gasteiger partial charge in [0, 0.05) is 16.4 Å². The minimum atomic E-state index is -0.165. The Morgan fingerprint density at radius 2 is 2.00 bits per heavy atom. The van der Waals surface area contributed by atoms with Crippen molar-refractivity contribution in [3.8, 4) is 0 Å². The Labute approximate surface area is 130 Å². The van der Waals surface area contributed by atoms with Crippen LogP contribution in [0.2, 0.25) is 0 Å². The predicted octanol–water partition coefficient (Wildman–Crippen LogP) is 3.42. The normalized spacial score (nSPS) is 25.6. The molecule has 1 aromatic rings. The van der Waals surface area contributed by atoms with Crippen LogP contribution in [-0.2, 0) is 11.2 Å². The van der Waals surface area contributed by atoms with Crippen molar-refractivity contribution in [1.82, 2.24) is 5.43 Å². The fourth-order valence-electron chi connectivity index (χ4n) is 3.45. The van der Waals surface area contributed by atoms with Gasteiger partial charge in [0.25, 0.3) is 0 Å². The van der Waals surface area contributed by atoms with Gasteiger partial charge < -0.3 is 4.74 Å². The fraction of sp³-hybridized carbons (Fsp3) is 0.625. The van der Waals surface area contributed by atoms with E-state index in [1.807, 2.05) is 6.07 Å². The van der Waals surface area contributed by atoms with Crippen molar-refractivity contribution in [2.24, 2.45) is 11.8 Å². The third-order valence-corrected chi connectivity index (χ3v) is 5.01. The summed E-state index contributed by atoms with van der Waals surface area (Å²) in [5.41, 5.74) is 4.04. The van der Waals surface area contributed by atoms with Crippen molar-refractivity contribution in [2.45, 2.75) is 57.8 Å². The van der Waals surface area contributed by atoms with E-state index in [9.17, 15) is 0 Å². The molecule has 0 amide bonds. The van der Waals surface area contributed by atoms with Crippen molar-refractivity contribution in [3.05, 3.63) is 34.3 Å². The van der Waals surface area contributed by atoms with E-state index < -0.39 is 0 Å². The summed E-state index contributed by atoms with van der Waals surface area (Å²) in [6.45, 7) is 8.63. The van der Waals surface area contributed by atoms with E-state index in [4.69, 9.17) is 10.6 Å². The van der Waals surface area contributed by atoms with E-state index in [2.05, 4.69) is 67.2 Å². The van der Waals surface area contributed by atoms with Gasteiger partial charge >= 0.3 is 0 Å². The summed E-state index contributed by atoms with van der Waals surface area (Å²) in [6, 6.07) is 8.51. The monoisotopic (exact) mass is 340 g/mol. The highest BCUT2D eigenvalue weighted by molar-refractivity contribution is 9.10. The molecule has 3 nitrogen and oxygen atoms in total. The number of hydrogen-bond acceptors (Lipinski definition) is 3. The third kappa shape index (κ3) is 3.42. The minimum absolute atomic E-state index is 0.0861. The Morgan fingerprint density at radius 1 is 1.35 bits per heavy atom. The number of rotatable bonds is 4. The maximum atomic E-state index is 6.19. The molecule has 2 unspecified atom stereocenters. The van der Waals surface area contributed by atoms with Gasteiger partial charge in [-0.2, -0.15) is 0 Å². The Bertz CT molecular complexity index is 473. The van der Waals surface area contributed by atoms with Gasteiger partial charge in [-0.25, -0.2) is 0 Å². The molecule has 1 aromatic carbocycles. The van der Waals surface area contributed by atoms with Crippen molar-refractivity contribution in [3.63, 3.8) is 0 Å². The number of hydrazine groups is 1. The van der Waals surface area contributed by atoms with Crippen LogP contribution in [0.5, 0.6) is 0 Å². The molecule has 4 heteroatoms. The molecule has 112 valence electrons. The van der Waals surface area contributed by atoms with E-state index in [0.717, 1.165) is 17.3 Å². The smallest absolute Gasteiger partial charge is 0.0678 e. The van der Waals surface area contributed by atoms with Crippen LogP contribution >= 0.6 is 15.9 Å². The fourth-order valence-corrected chi connectivity index (χ4v) is 3.90. The third-order valence-electron chi connectivity index (χ3n) is 4.24. The van der Waals surface area contributed by atoms with Gasteiger partial charge in [-0.05, 0) is 52.2 Å². The summed E-state index contributed by atoms with van der Waals surface area (Å²) in [4.78, 5) is 0. The van der Waals surface area contributed by atoms with Crippen LogP contribution in [-0.4, -0.2) is 17.2 Å². The predicted molar refractivity (Wildman–Crippen MR) is 86.3 cm³/mol. The first-order chi connectivity index (χ1) is 9.25. The molecule has 1 aliphatic heterocycles. The highest BCUT2D eigenvalue weighted by Crippen LogP contribution is 2.44. The highest BCUT2D eigenvalue weighted by atomic mass is 79.9. The molecule has 1 heterocycles. The average molecular weight is 341 g/mol. The molecule has 20 heavy (non-hydrogen) atoms. The second-order valence-electron chi connectivity index (χ2n) is 6.84. The standard InChI is InChI=1S/C16H25BrN2O/c1-15(2)10-12(16(3,4)20-15)14(19-18)9-11-7-5-6-8-13(11)17/h5-8,12,14,19H,9-10,18H2,1-4H3. The summed E-state index contributed by atoms with van der Waals surface area (Å²) in [7, 11) is 0. The lowest BCUT2D eigenvalue weighted by atomic mass is 9.79. The van der Waals surface area contributed by atoms with Gasteiger partial charge in [-0.15, -0.1) is 0 Å². The van der Waals surface area contributed by atoms with Crippen LogP contribution in [0.3, 0.4) is 0 Å². The van der Waals surface area contributed by atoms with Crippen LogP contribution in [0.1, 0.15) is 39.7 Å². The van der Waals surface area contributed by atoms with E-state index in [-0.39, 0.29) is 17.2 Å². The quantitative estimate of drug-likeness (QED) is 0.652. The van der Waals surface area contributed by atoms with Crippen molar-refractivity contribution in [2.75, 3.05) is 0 Å². The zero-order valence-corrected chi connectivity index (χ0v) is 14.3. The van der Waals surface area contributed by atoms with Gasteiger partial charge in [0.2, 0.25) is 0 Å². The van der Waals surface area contributed by atoms with Crippen LogP contribution in [0, 0.1) is 5.92 Å². The van der Waals surface area contributed by atoms with Crippen molar-refractivity contribution >= 4 is 15.9 Å². The molecule has 0 radical (unpaired) electrons. The molecule has 1 saturated heterocycles. The van der Waals surface area contributed by atoms with E-state index in [0.29, 0.717) is 5.92 Å². The molecule has 0 aromatic heterocycles. The SMILES string of the molecule is CC1(C)CC(C(Cc2ccccc2Br)NN)C(C)(C)O1. The molecular weight excluding hydrogens is 316 g/mol. The summed E-state index contributed by atoms with van der Waals surface area (Å²) < 4.78 is 7.33. The summed E-state index contributed by atoms with van der Waals surface area (Å²) in [5.74, 6) is 6.22. The molecule has 2 rings (SSSR count). The Balaban J connectivity index is 2.19. The number of benzene rings is 1. The summed E-state index contributed by atoms with van der Waals surface area (Å²) in [6.07, 6.45) is 1.91. The summed E-state index contributed by atoms with van der Waals surface area (Å²) in [5, 5.41) is 0. The van der Waals surface area contributed by atoms with Gasteiger partial charge in [0.15, 0.2) is 0 Å². The van der Waals surface area contributed by atoms with Gasteiger partial charge in [-0.3, -0.25) is 11.3 Å². The van der Waals surface area contributed by atoms with Crippen molar-refractivity contribution < 1.29 is 4.74 Å². The van der Waals surface area contributed by atoms with E-state index >= 15 is 0 Å². The Kier molecular flexibility index (Phi) is 4.59. The van der Waals surface area contributed by atoms with Crippen LogP contribution < -0.4 is 11.3 Å². The maximum absolute atomic E-state index is 6.19. The molecular formula is C16H25BrN2O. The molecule has 0 saturated carbocycles. The highest BCUT2D eigenvalue weighted by Gasteiger charge is 2.48. The largest absolute Gasteiger partial charge is 0.369 e. The number of hydrogen-bond donors (Lipinski definition) is 2. The van der Waals surface area contributed by atoms with Gasteiger partial charge in [-0.1, -0.05) is 34.1 Å². The number of halogens is 1. The van der Waals surface area contributed by atoms with Gasteiger partial charge in [0.05, 0.1) is 11.2 Å². The summed E-state index contributed by atoms with van der Waals surface area (Å²) >= 11 is 3.61.